The maximum Gasteiger partial charge on any atom is 0.244 e. The molecule has 2 aromatic rings. The lowest BCUT2D eigenvalue weighted by Gasteiger charge is -2.34. The summed E-state index contributed by atoms with van der Waals surface area (Å²) in [5, 5.41) is 3.37. The normalized spacial score (nSPS) is 12.5. The third kappa shape index (κ3) is 8.14. The summed E-state index contributed by atoms with van der Waals surface area (Å²) in [5.74, 6) is -0.408. The molecule has 2 amide bonds. The van der Waals surface area contributed by atoms with Crippen molar-refractivity contribution >= 4 is 39.1 Å². The molecule has 10 heteroatoms. The van der Waals surface area contributed by atoms with Crippen LogP contribution in [-0.4, -0.2) is 56.6 Å². The third-order valence-corrected chi connectivity index (χ3v) is 6.71. The Bertz CT molecular complexity index is 1150. The number of nitrogens with one attached hydrogen (secondary N) is 1. The largest absolute Gasteiger partial charge is 0.497 e. The molecule has 1 atom stereocenters. The van der Waals surface area contributed by atoms with E-state index in [1.807, 2.05) is 20.8 Å². The van der Waals surface area contributed by atoms with Crippen LogP contribution in [-0.2, 0) is 26.2 Å². The van der Waals surface area contributed by atoms with E-state index >= 15 is 0 Å². The summed E-state index contributed by atoms with van der Waals surface area (Å²) in [4.78, 5) is 28.2. The number of nitrogens with zero attached hydrogens (tertiary/aromatic N) is 2. The molecule has 0 spiro atoms. The summed E-state index contributed by atoms with van der Waals surface area (Å²) < 4.78 is 31.6. The lowest BCUT2D eigenvalue weighted by Crippen LogP contribution is -2.55. The Hall–Kier alpha value is -2.78. The lowest BCUT2D eigenvalue weighted by molar-refractivity contribution is -0.141. The molecule has 0 fully saturated rings. The topological polar surface area (TPSA) is 96.0 Å². The number of benzene rings is 2. The van der Waals surface area contributed by atoms with Crippen LogP contribution in [0.15, 0.2) is 48.5 Å². The van der Waals surface area contributed by atoms with Crippen molar-refractivity contribution in [1.82, 2.24) is 10.2 Å². The van der Waals surface area contributed by atoms with Gasteiger partial charge < -0.3 is 15.0 Å². The Kier molecular flexibility index (Phi) is 9.57. The highest BCUT2D eigenvalue weighted by Gasteiger charge is 2.33. The number of hydrogen-bond acceptors (Lipinski definition) is 5. The molecular formula is C25H34ClN3O5S. The number of halogens is 1. The summed E-state index contributed by atoms with van der Waals surface area (Å²) in [6, 6.07) is 12.7. The van der Waals surface area contributed by atoms with E-state index in [1.54, 1.807) is 49.4 Å². The molecule has 2 rings (SSSR count). The fraction of sp³-hybridized carbons (Fsp3) is 0.440. The maximum absolute atomic E-state index is 13.7. The fourth-order valence-corrected chi connectivity index (χ4v) is 4.60. The van der Waals surface area contributed by atoms with Gasteiger partial charge in [0.05, 0.1) is 19.1 Å². The number of methoxy groups -OCH3 is 1. The molecule has 0 aliphatic heterocycles. The van der Waals surface area contributed by atoms with Crippen LogP contribution in [0, 0.1) is 0 Å². The minimum atomic E-state index is -3.83. The number of hydrogen-bond donors (Lipinski definition) is 1. The van der Waals surface area contributed by atoms with Gasteiger partial charge in [0.1, 0.15) is 18.3 Å². The van der Waals surface area contributed by atoms with E-state index in [4.69, 9.17) is 16.3 Å². The van der Waals surface area contributed by atoms with E-state index in [-0.39, 0.29) is 18.1 Å². The number of anilines is 1. The smallest absolute Gasteiger partial charge is 0.244 e. The second-order valence-corrected chi connectivity index (χ2v) is 11.6. The van der Waals surface area contributed by atoms with Gasteiger partial charge in [-0.25, -0.2) is 8.42 Å². The average molecular weight is 524 g/mol. The molecule has 0 radical (unpaired) electrons. The van der Waals surface area contributed by atoms with Crippen molar-refractivity contribution < 1.29 is 22.7 Å². The standard InChI is InChI=1S/C25H34ClN3O5S/c1-7-22(24(31)27-25(2,3)4)28(16-18-11-8-9-14-21(18)26)23(30)17-29(35(6,32)33)19-12-10-13-20(15-19)34-5/h8-15,22H,7,16-17H2,1-6H3,(H,27,31)/t22-/m0/s1. The molecule has 0 unspecified atom stereocenters. The van der Waals surface area contributed by atoms with Crippen LogP contribution < -0.4 is 14.4 Å². The van der Waals surface area contributed by atoms with E-state index in [9.17, 15) is 18.0 Å². The van der Waals surface area contributed by atoms with E-state index in [1.165, 1.54) is 18.1 Å². The van der Waals surface area contributed by atoms with Gasteiger partial charge in [0.15, 0.2) is 0 Å². The first kappa shape index (κ1) is 28.5. The Labute approximate surface area is 213 Å². The van der Waals surface area contributed by atoms with Gasteiger partial charge in [0.2, 0.25) is 21.8 Å². The first-order valence-corrected chi connectivity index (χ1v) is 13.5. The molecule has 0 aliphatic rings. The maximum atomic E-state index is 13.7. The van der Waals surface area contributed by atoms with Gasteiger partial charge in [-0.05, 0) is 51.0 Å². The highest BCUT2D eigenvalue weighted by Crippen LogP contribution is 2.25. The first-order valence-electron chi connectivity index (χ1n) is 11.2. The number of rotatable bonds is 10. The van der Waals surface area contributed by atoms with Crippen LogP contribution in [0.4, 0.5) is 5.69 Å². The molecular weight excluding hydrogens is 490 g/mol. The van der Waals surface area contributed by atoms with Crippen LogP contribution in [0.3, 0.4) is 0 Å². The van der Waals surface area contributed by atoms with Crippen molar-refractivity contribution in [3.8, 4) is 5.75 Å². The summed E-state index contributed by atoms with van der Waals surface area (Å²) in [7, 11) is -2.36. The van der Waals surface area contributed by atoms with Crippen molar-refractivity contribution in [3.63, 3.8) is 0 Å². The van der Waals surface area contributed by atoms with E-state index in [0.29, 0.717) is 22.8 Å². The summed E-state index contributed by atoms with van der Waals surface area (Å²) in [6.45, 7) is 6.92. The Morgan fingerprint density at radius 1 is 1.11 bits per heavy atom. The SMILES string of the molecule is CC[C@@H](C(=O)NC(C)(C)C)N(Cc1ccccc1Cl)C(=O)CN(c1cccc(OC)c1)S(C)(=O)=O. The molecule has 0 bridgehead atoms. The van der Waals surface area contributed by atoms with Crippen LogP contribution in [0.25, 0.3) is 0 Å². The lowest BCUT2D eigenvalue weighted by atomic mass is 10.1. The van der Waals surface area contributed by atoms with Crippen molar-refractivity contribution in [2.24, 2.45) is 0 Å². The van der Waals surface area contributed by atoms with Gasteiger partial charge in [0, 0.05) is 23.2 Å². The van der Waals surface area contributed by atoms with Gasteiger partial charge >= 0.3 is 0 Å². The molecule has 2 aromatic carbocycles. The zero-order valence-corrected chi connectivity index (χ0v) is 22.6. The molecule has 8 nitrogen and oxygen atoms in total. The van der Waals surface area contributed by atoms with E-state index in [0.717, 1.165) is 10.6 Å². The minimum Gasteiger partial charge on any atom is -0.497 e. The van der Waals surface area contributed by atoms with Gasteiger partial charge in [-0.1, -0.05) is 42.8 Å². The number of ether oxygens (including phenoxy) is 1. The molecule has 0 aromatic heterocycles. The van der Waals surface area contributed by atoms with Crippen LogP contribution >= 0.6 is 11.6 Å². The Balaban J connectivity index is 2.49. The molecule has 0 saturated carbocycles. The average Bonchev–Trinajstić information content (AvgIpc) is 2.76. The molecule has 0 saturated heterocycles. The first-order chi connectivity index (χ1) is 16.3. The second kappa shape index (κ2) is 11.8. The van der Waals surface area contributed by atoms with Crippen molar-refractivity contribution in [2.75, 3.05) is 24.2 Å². The zero-order valence-electron chi connectivity index (χ0n) is 21.0. The van der Waals surface area contributed by atoms with Crippen LogP contribution in [0.1, 0.15) is 39.7 Å². The quantitative estimate of drug-likeness (QED) is 0.510. The van der Waals surface area contributed by atoms with E-state index in [2.05, 4.69) is 5.32 Å². The Morgan fingerprint density at radius 3 is 2.31 bits per heavy atom. The fourth-order valence-electron chi connectivity index (χ4n) is 3.56. The van der Waals surface area contributed by atoms with Gasteiger partial charge in [-0.3, -0.25) is 13.9 Å². The predicted octanol–water partition coefficient (Wildman–Crippen LogP) is 3.84. The second-order valence-electron chi connectivity index (χ2n) is 9.25. The monoisotopic (exact) mass is 523 g/mol. The predicted molar refractivity (Wildman–Crippen MR) is 139 cm³/mol. The van der Waals surface area contributed by atoms with Crippen molar-refractivity contribution in [2.45, 2.75) is 52.2 Å². The van der Waals surface area contributed by atoms with Gasteiger partial charge in [-0.15, -0.1) is 0 Å². The summed E-state index contributed by atoms with van der Waals surface area (Å²) in [5.41, 5.74) is 0.421. The Morgan fingerprint density at radius 2 is 1.77 bits per heavy atom. The number of amides is 2. The van der Waals surface area contributed by atoms with Gasteiger partial charge in [0.25, 0.3) is 0 Å². The highest BCUT2D eigenvalue weighted by molar-refractivity contribution is 7.92. The number of carbonyl (C=O) groups excluding carboxylic acids is 2. The molecule has 192 valence electrons. The minimum absolute atomic E-state index is 0.0459. The molecule has 1 N–H and O–H groups in total. The number of sulfonamides is 1. The summed E-state index contributed by atoms with van der Waals surface area (Å²) >= 11 is 6.36. The van der Waals surface area contributed by atoms with Gasteiger partial charge in [-0.2, -0.15) is 0 Å². The van der Waals surface area contributed by atoms with Crippen LogP contribution in [0.5, 0.6) is 5.75 Å². The number of carbonyl (C=O) groups is 2. The van der Waals surface area contributed by atoms with E-state index < -0.39 is 34.1 Å². The zero-order chi connectivity index (χ0) is 26.4. The third-order valence-electron chi connectivity index (χ3n) is 5.20. The molecule has 35 heavy (non-hydrogen) atoms. The molecule has 0 aliphatic carbocycles. The molecule has 0 heterocycles. The van der Waals surface area contributed by atoms with Crippen molar-refractivity contribution in [3.05, 3.63) is 59.1 Å². The summed E-state index contributed by atoms with van der Waals surface area (Å²) in [6.07, 6.45) is 1.36. The van der Waals surface area contributed by atoms with Crippen LogP contribution in [0.2, 0.25) is 5.02 Å². The highest BCUT2D eigenvalue weighted by atomic mass is 35.5. The van der Waals surface area contributed by atoms with Crippen molar-refractivity contribution in [1.29, 1.82) is 0 Å².